The first-order chi connectivity index (χ1) is 9.69. The predicted octanol–water partition coefficient (Wildman–Crippen LogP) is 2.88. The van der Waals surface area contributed by atoms with Gasteiger partial charge in [-0.25, -0.2) is 0 Å². The molecule has 3 atom stereocenters. The van der Waals surface area contributed by atoms with Crippen LogP contribution in [0.3, 0.4) is 0 Å². The number of hydrogen-bond donors (Lipinski definition) is 1. The molecule has 3 rings (SSSR count). The molecule has 1 aromatic carbocycles. The van der Waals surface area contributed by atoms with Crippen LogP contribution >= 0.6 is 0 Å². The van der Waals surface area contributed by atoms with Crippen molar-refractivity contribution in [1.82, 2.24) is 4.90 Å². The molecule has 0 saturated carbocycles. The number of methoxy groups -OCH3 is 1. The van der Waals surface area contributed by atoms with Crippen molar-refractivity contribution in [2.45, 2.75) is 57.2 Å². The van der Waals surface area contributed by atoms with E-state index in [0.29, 0.717) is 18.1 Å². The van der Waals surface area contributed by atoms with Crippen molar-refractivity contribution in [3.8, 4) is 5.75 Å². The van der Waals surface area contributed by atoms with Gasteiger partial charge in [-0.2, -0.15) is 0 Å². The third kappa shape index (κ3) is 2.57. The summed E-state index contributed by atoms with van der Waals surface area (Å²) < 4.78 is 5.42. The second-order valence-electron chi connectivity index (χ2n) is 6.34. The van der Waals surface area contributed by atoms with Crippen molar-refractivity contribution in [3.05, 3.63) is 29.3 Å². The van der Waals surface area contributed by atoms with E-state index in [9.17, 15) is 0 Å². The zero-order chi connectivity index (χ0) is 14.1. The molecular weight excluding hydrogens is 248 g/mol. The fourth-order valence-electron chi connectivity index (χ4n) is 3.91. The van der Waals surface area contributed by atoms with Gasteiger partial charge in [0.25, 0.3) is 0 Å². The Kier molecular flexibility index (Phi) is 3.99. The van der Waals surface area contributed by atoms with Crippen LogP contribution in [-0.4, -0.2) is 30.6 Å². The average molecular weight is 274 g/mol. The Bertz CT molecular complexity index is 474. The van der Waals surface area contributed by atoms with Crippen LogP contribution < -0.4 is 10.5 Å². The summed E-state index contributed by atoms with van der Waals surface area (Å²) in [7, 11) is 1.75. The smallest absolute Gasteiger partial charge is 0.119 e. The summed E-state index contributed by atoms with van der Waals surface area (Å²) in [4.78, 5) is 2.67. The lowest BCUT2D eigenvalue weighted by molar-refractivity contribution is 0.0854. The lowest BCUT2D eigenvalue weighted by atomic mass is 9.84. The summed E-state index contributed by atoms with van der Waals surface area (Å²) in [6.45, 7) is 3.46. The van der Waals surface area contributed by atoms with E-state index in [1.165, 1.54) is 30.4 Å². The Morgan fingerprint density at radius 2 is 2.15 bits per heavy atom. The van der Waals surface area contributed by atoms with E-state index < -0.39 is 0 Å². The van der Waals surface area contributed by atoms with Gasteiger partial charge in [-0.1, -0.05) is 6.07 Å². The molecule has 2 aliphatic rings. The maximum absolute atomic E-state index is 6.11. The standard InChI is InChI=1S/C17H26N2O/c1-12-10-14(18)8-9-19(12)17-5-3-4-13-6-7-15(20-2)11-16(13)17/h6-7,11-12,14,17H,3-5,8-10,18H2,1-2H3. The van der Waals surface area contributed by atoms with Crippen LogP contribution in [0.4, 0.5) is 0 Å². The topological polar surface area (TPSA) is 38.5 Å². The van der Waals surface area contributed by atoms with Crippen LogP contribution in [0.1, 0.15) is 49.8 Å². The number of nitrogens with two attached hydrogens (primary N) is 1. The highest BCUT2D eigenvalue weighted by atomic mass is 16.5. The van der Waals surface area contributed by atoms with Crippen LogP contribution in [-0.2, 0) is 6.42 Å². The van der Waals surface area contributed by atoms with Gasteiger partial charge < -0.3 is 10.5 Å². The molecule has 2 N–H and O–H groups in total. The monoisotopic (exact) mass is 274 g/mol. The van der Waals surface area contributed by atoms with Crippen LogP contribution in [0.5, 0.6) is 5.75 Å². The van der Waals surface area contributed by atoms with Crippen molar-refractivity contribution in [2.75, 3.05) is 13.7 Å². The van der Waals surface area contributed by atoms with E-state index in [1.807, 2.05) is 0 Å². The van der Waals surface area contributed by atoms with Gasteiger partial charge in [-0.3, -0.25) is 4.90 Å². The predicted molar refractivity (Wildman–Crippen MR) is 82.1 cm³/mol. The summed E-state index contributed by atoms with van der Waals surface area (Å²) in [5, 5.41) is 0. The van der Waals surface area contributed by atoms with E-state index in [1.54, 1.807) is 7.11 Å². The van der Waals surface area contributed by atoms with Crippen LogP contribution in [0, 0.1) is 0 Å². The van der Waals surface area contributed by atoms with Gasteiger partial charge in [0, 0.05) is 24.7 Å². The van der Waals surface area contributed by atoms with Crippen LogP contribution in [0.25, 0.3) is 0 Å². The van der Waals surface area contributed by atoms with Gasteiger partial charge in [0.15, 0.2) is 0 Å². The molecule has 1 aliphatic heterocycles. The second-order valence-corrected chi connectivity index (χ2v) is 6.34. The lowest BCUT2D eigenvalue weighted by Crippen LogP contribution is -2.47. The average Bonchev–Trinajstić information content (AvgIpc) is 2.46. The molecule has 3 unspecified atom stereocenters. The first kappa shape index (κ1) is 13.9. The van der Waals surface area contributed by atoms with Crippen molar-refractivity contribution < 1.29 is 4.74 Å². The molecule has 1 aliphatic carbocycles. The molecule has 0 bridgehead atoms. The van der Waals surface area contributed by atoms with Gasteiger partial charge in [0.1, 0.15) is 5.75 Å². The minimum atomic E-state index is 0.384. The molecule has 1 heterocycles. The van der Waals surface area contributed by atoms with Crippen molar-refractivity contribution in [3.63, 3.8) is 0 Å². The van der Waals surface area contributed by atoms with Crippen LogP contribution in [0.2, 0.25) is 0 Å². The fourth-order valence-corrected chi connectivity index (χ4v) is 3.91. The summed E-state index contributed by atoms with van der Waals surface area (Å²) in [6.07, 6.45) is 6.01. The zero-order valence-corrected chi connectivity index (χ0v) is 12.6. The van der Waals surface area contributed by atoms with Gasteiger partial charge in [0.2, 0.25) is 0 Å². The lowest BCUT2D eigenvalue weighted by Gasteiger charge is -2.44. The minimum absolute atomic E-state index is 0.384. The Hall–Kier alpha value is -1.06. The molecule has 1 aromatic rings. The number of piperidine rings is 1. The Morgan fingerprint density at radius 1 is 1.30 bits per heavy atom. The van der Waals surface area contributed by atoms with E-state index in [-0.39, 0.29) is 0 Å². The fraction of sp³-hybridized carbons (Fsp3) is 0.647. The Labute approximate surface area is 122 Å². The number of benzene rings is 1. The zero-order valence-electron chi connectivity index (χ0n) is 12.6. The molecule has 110 valence electrons. The van der Waals surface area contributed by atoms with E-state index in [2.05, 4.69) is 30.0 Å². The van der Waals surface area contributed by atoms with Crippen molar-refractivity contribution >= 4 is 0 Å². The third-order valence-corrected chi connectivity index (χ3v) is 5.00. The molecule has 1 fully saturated rings. The van der Waals surface area contributed by atoms with E-state index in [4.69, 9.17) is 10.5 Å². The molecular formula is C17H26N2O. The van der Waals surface area contributed by atoms with Gasteiger partial charge in [-0.15, -0.1) is 0 Å². The number of aryl methyl sites for hydroxylation is 1. The molecule has 0 amide bonds. The number of fused-ring (bicyclic) bond motifs is 1. The van der Waals surface area contributed by atoms with E-state index in [0.717, 1.165) is 25.1 Å². The van der Waals surface area contributed by atoms with Gasteiger partial charge in [0.05, 0.1) is 7.11 Å². The molecule has 20 heavy (non-hydrogen) atoms. The molecule has 1 saturated heterocycles. The second kappa shape index (κ2) is 5.74. The maximum Gasteiger partial charge on any atom is 0.119 e. The highest BCUT2D eigenvalue weighted by molar-refractivity contribution is 5.39. The third-order valence-electron chi connectivity index (χ3n) is 5.00. The summed E-state index contributed by atoms with van der Waals surface area (Å²) in [5.74, 6) is 0.983. The van der Waals surface area contributed by atoms with E-state index >= 15 is 0 Å². The quantitative estimate of drug-likeness (QED) is 0.901. The van der Waals surface area contributed by atoms with Crippen molar-refractivity contribution in [1.29, 1.82) is 0 Å². The largest absolute Gasteiger partial charge is 0.497 e. The van der Waals surface area contributed by atoms with Gasteiger partial charge in [-0.05, 0) is 62.3 Å². The number of ether oxygens (including phenoxy) is 1. The number of rotatable bonds is 2. The number of hydrogen-bond acceptors (Lipinski definition) is 3. The normalized spacial score (nSPS) is 30.9. The van der Waals surface area contributed by atoms with Crippen molar-refractivity contribution in [2.24, 2.45) is 5.73 Å². The number of likely N-dealkylation sites (tertiary alicyclic amines) is 1. The Balaban J connectivity index is 1.88. The molecule has 3 nitrogen and oxygen atoms in total. The highest BCUT2D eigenvalue weighted by Gasteiger charge is 2.32. The molecule has 0 radical (unpaired) electrons. The molecule has 0 aromatic heterocycles. The first-order valence-electron chi connectivity index (χ1n) is 7.87. The Morgan fingerprint density at radius 3 is 2.90 bits per heavy atom. The minimum Gasteiger partial charge on any atom is -0.497 e. The molecule has 0 spiro atoms. The highest BCUT2D eigenvalue weighted by Crippen LogP contribution is 2.39. The number of nitrogens with zero attached hydrogens (tertiary/aromatic N) is 1. The maximum atomic E-state index is 6.11. The molecule has 3 heteroatoms. The van der Waals surface area contributed by atoms with Gasteiger partial charge >= 0.3 is 0 Å². The first-order valence-corrected chi connectivity index (χ1v) is 7.87. The SMILES string of the molecule is COc1ccc2c(c1)C(N1CCC(N)CC1C)CCC2. The summed E-state index contributed by atoms with van der Waals surface area (Å²) >= 11 is 0. The summed E-state index contributed by atoms with van der Waals surface area (Å²) in [5.41, 5.74) is 9.10. The van der Waals surface area contributed by atoms with Crippen LogP contribution in [0.15, 0.2) is 18.2 Å². The summed E-state index contributed by atoms with van der Waals surface area (Å²) in [6, 6.07) is 8.12.